The maximum atomic E-state index is 5.27. The standard InChI is InChI=1S/C5H8N4.ClH/c6-3-4-1-2-8-5(7)9-4;/h1-2H,3,6H2,(H2,7,8,9);1H. The van der Waals surface area contributed by atoms with Gasteiger partial charge in [0.25, 0.3) is 0 Å². The number of rotatable bonds is 1. The van der Waals surface area contributed by atoms with Gasteiger partial charge in [0.2, 0.25) is 5.95 Å². The van der Waals surface area contributed by atoms with E-state index in [0.29, 0.717) is 6.54 Å². The lowest BCUT2D eigenvalue weighted by Gasteiger charge is -1.93. The van der Waals surface area contributed by atoms with E-state index in [1.165, 1.54) is 0 Å². The molecule has 0 aromatic carbocycles. The maximum absolute atomic E-state index is 5.27. The van der Waals surface area contributed by atoms with Crippen molar-refractivity contribution in [3.8, 4) is 0 Å². The second-order valence-corrected chi connectivity index (χ2v) is 1.61. The van der Waals surface area contributed by atoms with Gasteiger partial charge in [-0.25, -0.2) is 9.97 Å². The summed E-state index contributed by atoms with van der Waals surface area (Å²) in [5.41, 5.74) is 11.3. The summed E-state index contributed by atoms with van der Waals surface area (Å²) < 4.78 is 0. The predicted octanol–water partition coefficient (Wildman–Crippen LogP) is -0.0607. The molecule has 0 aliphatic carbocycles. The largest absolute Gasteiger partial charge is 0.368 e. The number of anilines is 1. The third-order valence-corrected chi connectivity index (χ3v) is 0.941. The highest BCUT2D eigenvalue weighted by Crippen LogP contribution is 1.92. The van der Waals surface area contributed by atoms with Crippen molar-refractivity contribution < 1.29 is 0 Å². The lowest BCUT2D eigenvalue weighted by Crippen LogP contribution is -2.02. The zero-order valence-corrected chi connectivity index (χ0v) is 6.14. The first kappa shape index (κ1) is 9.13. The molecule has 1 heterocycles. The first-order valence-corrected chi connectivity index (χ1v) is 2.60. The molecule has 0 radical (unpaired) electrons. The molecule has 5 heteroatoms. The molecule has 1 aromatic rings. The summed E-state index contributed by atoms with van der Waals surface area (Å²) in [5.74, 6) is 0.276. The Kier molecular flexibility index (Phi) is 3.68. The molecule has 0 fully saturated rings. The predicted molar refractivity (Wildman–Crippen MR) is 41.6 cm³/mol. The van der Waals surface area contributed by atoms with Gasteiger partial charge in [0.05, 0.1) is 5.69 Å². The Hall–Kier alpha value is -0.870. The molecule has 4 nitrogen and oxygen atoms in total. The molecule has 4 N–H and O–H groups in total. The average molecular weight is 161 g/mol. The highest BCUT2D eigenvalue weighted by atomic mass is 35.5. The van der Waals surface area contributed by atoms with Gasteiger partial charge < -0.3 is 11.5 Å². The quantitative estimate of drug-likeness (QED) is 0.604. The fourth-order valence-corrected chi connectivity index (χ4v) is 0.527. The van der Waals surface area contributed by atoms with Crippen molar-refractivity contribution in [3.63, 3.8) is 0 Å². The van der Waals surface area contributed by atoms with Gasteiger partial charge in [-0.1, -0.05) is 0 Å². The zero-order chi connectivity index (χ0) is 6.69. The number of nitrogens with zero attached hydrogens (tertiary/aromatic N) is 2. The van der Waals surface area contributed by atoms with Gasteiger partial charge in [0.15, 0.2) is 0 Å². The molecule has 0 spiro atoms. The number of nitrogen functional groups attached to an aromatic ring is 1. The van der Waals surface area contributed by atoms with Crippen molar-refractivity contribution in [1.29, 1.82) is 0 Å². The smallest absolute Gasteiger partial charge is 0.220 e. The van der Waals surface area contributed by atoms with Crippen LogP contribution in [0.3, 0.4) is 0 Å². The SMILES string of the molecule is Cl.NCc1ccnc(N)n1. The Morgan fingerprint density at radius 3 is 2.60 bits per heavy atom. The second kappa shape index (κ2) is 4.03. The molecule has 0 unspecified atom stereocenters. The average Bonchev–Trinajstić information content (AvgIpc) is 1.88. The van der Waals surface area contributed by atoms with Gasteiger partial charge in [0, 0.05) is 12.7 Å². The van der Waals surface area contributed by atoms with Crippen molar-refractivity contribution in [3.05, 3.63) is 18.0 Å². The van der Waals surface area contributed by atoms with Crippen LogP contribution >= 0.6 is 12.4 Å². The normalized spacial score (nSPS) is 8.50. The maximum Gasteiger partial charge on any atom is 0.220 e. The van der Waals surface area contributed by atoms with Crippen molar-refractivity contribution in [2.24, 2.45) is 5.73 Å². The van der Waals surface area contributed by atoms with Gasteiger partial charge in [-0.3, -0.25) is 0 Å². The van der Waals surface area contributed by atoms with Crippen molar-refractivity contribution in [2.45, 2.75) is 6.54 Å². The highest BCUT2D eigenvalue weighted by molar-refractivity contribution is 5.85. The molecule has 1 aromatic heterocycles. The van der Waals surface area contributed by atoms with E-state index in [-0.39, 0.29) is 18.4 Å². The summed E-state index contributed by atoms with van der Waals surface area (Å²) in [6.07, 6.45) is 1.59. The van der Waals surface area contributed by atoms with Crippen molar-refractivity contribution >= 4 is 18.4 Å². The fourth-order valence-electron chi connectivity index (χ4n) is 0.527. The van der Waals surface area contributed by atoms with E-state index in [0.717, 1.165) is 5.69 Å². The third-order valence-electron chi connectivity index (χ3n) is 0.941. The summed E-state index contributed by atoms with van der Waals surface area (Å²) in [6.45, 7) is 0.409. The van der Waals surface area contributed by atoms with Gasteiger partial charge in [0.1, 0.15) is 0 Å². The van der Waals surface area contributed by atoms with E-state index in [9.17, 15) is 0 Å². The molecule has 0 saturated heterocycles. The summed E-state index contributed by atoms with van der Waals surface area (Å²) in [5, 5.41) is 0. The van der Waals surface area contributed by atoms with Crippen LogP contribution in [0.2, 0.25) is 0 Å². The molecule has 56 valence electrons. The van der Waals surface area contributed by atoms with Crippen LogP contribution in [0.25, 0.3) is 0 Å². The second-order valence-electron chi connectivity index (χ2n) is 1.61. The van der Waals surface area contributed by atoms with Crippen LogP contribution in [0.4, 0.5) is 5.95 Å². The Morgan fingerprint density at radius 1 is 1.50 bits per heavy atom. The van der Waals surface area contributed by atoms with E-state index >= 15 is 0 Å². The molecular formula is C5H9ClN4. The van der Waals surface area contributed by atoms with E-state index in [1.54, 1.807) is 12.3 Å². The zero-order valence-electron chi connectivity index (χ0n) is 5.32. The lowest BCUT2D eigenvalue weighted by molar-refractivity contribution is 0.972. The number of aromatic nitrogens is 2. The van der Waals surface area contributed by atoms with Crippen molar-refractivity contribution in [1.82, 2.24) is 9.97 Å². The first-order chi connectivity index (χ1) is 4.33. The molecule has 0 atom stereocenters. The minimum Gasteiger partial charge on any atom is -0.368 e. The van der Waals surface area contributed by atoms with E-state index in [1.807, 2.05) is 0 Å². The topological polar surface area (TPSA) is 77.8 Å². The van der Waals surface area contributed by atoms with Gasteiger partial charge >= 0.3 is 0 Å². The molecule has 1 rings (SSSR count). The van der Waals surface area contributed by atoms with Crippen LogP contribution < -0.4 is 11.5 Å². The van der Waals surface area contributed by atoms with Crippen molar-refractivity contribution in [2.75, 3.05) is 5.73 Å². The number of hydrogen-bond donors (Lipinski definition) is 2. The lowest BCUT2D eigenvalue weighted by atomic mass is 10.4. The summed E-state index contributed by atoms with van der Waals surface area (Å²) in [6, 6.07) is 1.73. The monoisotopic (exact) mass is 160 g/mol. The van der Waals surface area contributed by atoms with Crippen LogP contribution in [0, 0.1) is 0 Å². The van der Waals surface area contributed by atoms with Crippen LogP contribution in [0.15, 0.2) is 12.3 Å². The van der Waals surface area contributed by atoms with E-state index in [2.05, 4.69) is 9.97 Å². The Morgan fingerprint density at radius 2 is 2.20 bits per heavy atom. The molecular weight excluding hydrogens is 152 g/mol. The molecule has 0 saturated carbocycles. The fraction of sp³-hybridized carbons (Fsp3) is 0.200. The number of hydrogen-bond acceptors (Lipinski definition) is 4. The van der Waals surface area contributed by atoms with Crippen LogP contribution in [0.5, 0.6) is 0 Å². The summed E-state index contributed by atoms with van der Waals surface area (Å²) >= 11 is 0. The molecule has 0 aliphatic heterocycles. The van der Waals surface area contributed by atoms with Crippen LogP contribution in [-0.4, -0.2) is 9.97 Å². The summed E-state index contributed by atoms with van der Waals surface area (Å²) in [4.78, 5) is 7.53. The molecule has 0 amide bonds. The Labute approximate surface area is 65.1 Å². The van der Waals surface area contributed by atoms with Crippen LogP contribution in [0.1, 0.15) is 5.69 Å². The highest BCUT2D eigenvalue weighted by Gasteiger charge is 1.89. The van der Waals surface area contributed by atoms with Gasteiger partial charge in [-0.15, -0.1) is 12.4 Å². The Bertz CT molecular complexity index is 203. The minimum atomic E-state index is 0. The van der Waals surface area contributed by atoms with E-state index in [4.69, 9.17) is 11.5 Å². The Balaban J connectivity index is 0.000000810. The third kappa shape index (κ3) is 2.16. The summed E-state index contributed by atoms with van der Waals surface area (Å²) in [7, 11) is 0. The minimum absolute atomic E-state index is 0. The number of halogens is 1. The van der Waals surface area contributed by atoms with E-state index < -0.39 is 0 Å². The number of nitrogens with two attached hydrogens (primary N) is 2. The molecule has 10 heavy (non-hydrogen) atoms. The van der Waals surface area contributed by atoms with Crippen LogP contribution in [-0.2, 0) is 6.54 Å². The van der Waals surface area contributed by atoms with Gasteiger partial charge in [-0.05, 0) is 6.07 Å². The molecule has 0 bridgehead atoms. The molecule has 0 aliphatic rings. The van der Waals surface area contributed by atoms with Gasteiger partial charge in [-0.2, -0.15) is 0 Å². The first-order valence-electron chi connectivity index (χ1n) is 2.60.